The molecule has 0 spiro atoms. The lowest BCUT2D eigenvalue weighted by atomic mass is 10.2. The molecule has 110 valence electrons. The van der Waals surface area contributed by atoms with Crippen LogP contribution in [0.2, 0.25) is 0 Å². The molecule has 0 aliphatic heterocycles. The van der Waals surface area contributed by atoms with E-state index in [2.05, 4.69) is 10.6 Å². The van der Waals surface area contributed by atoms with Gasteiger partial charge in [-0.25, -0.2) is 0 Å². The molecule has 0 aromatic heterocycles. The number of hydrogen-bond acceptors (Lipinski definition) is 5. The summed E-state index contributed by atoms with van der Waals surface area (Å²) in [6, 6.07) is 4.98. The maximum atomic E-state index is 11.1. The van der Waals surface area contributed by atoms with Crippen LogP contribution in [0.3, 0.4) is 0 Å². The third-order valence-corrected chi connectivity index (χ3v) is 2.70. The number of aryl methyl sites for hydroxylation is 1. The van der Waals surface area contributed by atoms with Crippen molar-refractivity contribution in [2.24, 2.45) is 0 Å². The van der Waals surface area contributed by atoms with Crippen molar-refractivity contribution < 1.29 is 14.8 Å². The normalized spacial score (nSPS) is 11.8. The third-order valence-electron chi connectivity index (χ3n) is 2.70. The number of benzene rings is 1. The van der Waals surface area contributed by atoms with Gasteiger partial charge in [-0.05, 0) is 31.9 Å². The van der Waals surface area contributed by atoms with E-state index in [4.69, 9.17) is 5.11 Å². The molecule has 7 nitrogen and oxygen atoms in total. The van der Waals surface area contributed by atoms with Gasteiger partial charge in [0.2, 0.25) is 5.91 Å². The van der Waals surface area contributed by atoms with Gasteiger partial charge in [0, 0.05) is 19.2 Å². The predicted molar refractivity (Wildman–Crippen MR) is 75.6 cm³/mol. The first-order chi connectivity index (χ1) is 9.41. The minimum absolute atomic E-state index is 0.0398. The first-order valence-electron chi connectivity index (χ1n) is 6.36. The maximum Gasteiger partial charge on any atom is 0.292 e. The first kappa shape index (κ1) is 15.9. The molecule has 0 aliphatic rings. The number of aliphatic hydroxyl groups excluding tert-OH is 1. The molecule has 0 fully saturated rings. The van der Waals surface area contributed by atoms with Gasteiger partial charge in [0.15, 0.2) is 0 Å². The van der Waals surface area contributed by atoms with Crippen LogP contribution in [0, 0.1) is 17.0 Å². The molecule has 20 heavy (non-hydrogen) atoms. The SMILES string of the molecule is Cc1ccc(NCCCNC(=O)C(C)O)c([N+](=O)[O-])c1. The molecule has 0 aliphatic carbocycles. The zero-order chi connectivity index (χ0) is 15.1. The highest BCUT2D eigenvalue weighted by Gasteiger charge is 2.13. The number of rotatable bonds is 7. The number of carbonyl (C=O) groups is 1. The lowest BCUT2D eigenvalue weighted by molar-refractivity contribution is -0.384. The Morgan fingerprint density at radius 3 is 2.75 bits per heavy atom. The topological polar surface area (TPSA) is 104 Å². The summed E-state index contributed by atoms with van der Waals surface area (Å²) in [5.41, 5.74) is 1.33. The Kier molecular flexibility index (Phi) is 5.92. The van der Waals surface area contributed by atoms with Crippen molar-refractivity contribution >= 4 is 17.3 Å². The first-order valence-corrected chi connectivity index (χ1v) is 6.36. The fraction of sp³-hybridized carbons (Fsp3) is 0.462. The van der Waals surface area contributed by atoms with Crippen LogP contribution >= 0.6 is 0 Å². The third kappa shape index (κ3) is 4.85. The highest BCUT2D eigenvalue weighted by molar-refractivity contribution is 5.79. The highest BCUT2D eigenvalue weighted by Crippen LogP contribution is 2.24. The molecule has 0 saturated carbocycles. The number of amides is 1. The highest BCUT2D eigenvalue weighted by atomic mass is 16.6. The number of nitro groups is 1. The number of nitrogens with zero attached hydrogens (tertiary/aromatic N) is 1. The summed E-state index contributed by atoms with van der Waals surface area (Å²) >= 11 is 0. The maximum absolute atomic E-state index is 11.1. The van der Waals surface area contributed by atoms with E-state index in [1.807, 2.05) is 0 Å². The Morgan fingerprint density at radius 2 is 2.15 bits per heavy atom. The van der Waals surface area contributed by atoms with Crippen LogP contribution in [0.25, 0.3) is 0 Å². The van der Waals surface area contributed by atoms with Crippen LogP contribution in [0.4, 0.5) is 11.4 Å². The van der Waals surface area contributed by atoms with E-state index in [0.29, 0.717) is 25.2 Å². The standard InChI is InChI=1S/C13H19N3O4/c1-9-4-5-11(12(8-9)16(19)20)14-6-3-7-15-13(18)10(2)17/h4-5,8,10,14,17H,3,6-7H2,1-2H3,(H,15,18). The molecule has 0 saturated heterocycles. The fourth-order valence-electron chi connectivity index (χ4n) is 1.61. The summed E-state index contributed by atoms with van der Waals surface area (Å²) in [7, 11) is 0. The van der Waals surface area contributed by atoms with Crippen molar-refractivity contribution in [2.45, 2.75) is 26.4 Å². The van der Waals surface area contributed by atoms with Gasteiger partial charge < -0.3 is 15.7 Å². The van der Waals surface area contributed by atoms with E-state index in [1.54, 1.807) is 19.1 Å². The van der Waals surface area contributed by atoms with Crippen molar-refractivity contribution in [2.75, 3.05) is 18.4 Å². The van der Waals surface area contributed by atoms with E-state index < -0.39 is 16.9 Å². The lowest BCUT2D eigenvalue weighted by Crippen LogP contribution is -2.33. The van der Waals surface area contributed by atoms with Crippen LogP contribution in [0.1, 0.15) is 18.9 Å². The molecule has 1 aromatic rings. The molecule has 0 bridgehead atoms. The zero-order valence-corrected chi connectivity index (χ0v) is 11.5. The molecule has 1 amide bonds. The average molecular weight is 281 g/mol. The van der Waals surface area contributed by atoms with E-state index >= 15 is 0 Å². The average Bonchev–Trinajstić information content (AvgIpc) is 2.39. The fourth-order valence-corrected chi connectivity index (χ4v) is 1.61. The van der Waals surface area contributed by atoms with Gasteiger partial charge in [-0.3, -0.25) is 14.9 Å². The summed E-state index contributed by atoms with van der Waals surface area (Å²) in [5, 5.41) is 25.4. The Hall–Kier alpha value is -2.15. The molecule has 1 rings (SSSR count). The molecule has 7 heteroatoms. The Bertz CT molecular complexity index is 489. The van der Waals surface area contributed by atoms with Gasteiger partial charge in [-0.2, -0.15) is 0 Å². The Balaban J connectivity index is 2.43. The van der Waals surface area contributed by atoms with E-state index in [-0.39, 0.29) is 5.69 Å². The second kappa shape index (κ2) is 7.44. The molecule has 0 heterocycles. The molecule has 1 aromatic carbocycles. The van der Waals surface area contributed by atoms with Crippen molar-refractivity contribution in [1.82, 2.24) is 5.32 Å². The van der Waals surface area contributed by atoms with Gasteiger partial charge in [-0.15, -0.1) is 0 Å². The second-order valence-electron chi connectivity index (χ2n) is 4.53. The number of nitrogens with one attached hydrogen (secondary N) is 2. The van der Waals surface area contributed by atoms with Crippen LogP contribution in [-0.4, -0.2) is 35.1 Å². The summed E-state index contributed by atoms with van der Waals surface area (Å²) in [6.45, 7) is 4.08. The molecular weight excluding hydrogens is 262 g/mol. The van der Waals surface area contributed by atoms with Crippen LogP contribution < -0.4 is 10.6 Å². The summed E-state index contributed by atoms with van der Waals surface area (Å²) < 4.78 is 0. The summed E-state index contributed by atoms with van der Waals surface area (Å²) in [4.78, 5) is 21.6. The molecule has 0 radical (unpaired) electrons. The molecule has 1 unspecified atom stereocenters. The quantitative estimate of drug-likeness (QED) is 0.396. The summed E-state index contributed by atoms with van der Waals surface area (Å²) in [5.74, 6) is -0.425. The van der Waals surface area contributed by atoms with Gasteiger partial charge in [0.05, 0.1) is 4.92 Å². The number of carbonyl (C=O) groups excluding carboxylic acids is 1. The molecular formula is C13H19N3O4. The Labute approximate surface area is 117 Å². The summed E-state index contributed by atoms with van der Waals surface area (Å²) in [6.07, 6.45) is -0.426. The number of hydrogen-bond donors (Lipinski definition) is 3. The minimum atomic E-state index is -1.03. The largest absolute Gasteiger partial charge is 0.384 e. The van der Waals surface area contributed by atoms with Crippen molar-refractivity contribution in [1.29, 1.82) is 0 Å². The van der Waals surface area contributed by atoms with Crippen LogP contribution in [0.15, 0.2) is 18.2 Å². The Morgan fingerprint density at radius 1 is 1.45 bits per heavy atom. The van der Waals surface area contributed by atoms with Gasteiger partial charge >= 0.3 is 0 Å². The van der Waals surface area contributed by atoms with Crippen molar-refractivity contribution in [3.63, 3.8) is 0 Å². The zero-order valence-electron chi connectivity index (χ0n) is 11.5. The molecule has 1 atom stereocenters. The van der Waals surface area contributed by atoms with Crippen molar-refractivity contribution in [3.8, 4) is 0 Å². The van der Waals surface area contributed by atoms with E-state index in [1.165, 1.54) is 13.0 Å². The monoisotopic (exact) mass is 281 g/mol. The van der Waals surface area contributed by atoms with Crippen LogP contribution in [0.5, 0.6) is 0 Å². The number of anilines is 1. The second-order valence-corrected chi connectivity index (χ2v) is 4.53. The number of aliphatic hydroxyl groups is 1. The van der Waals surface area contributed by atoms with Crippen LogP contribution in [-0.2, 0) is 4.79 Å². The smallest absolute Gasteiger partial charge is 0.292 e. The van der Waals surface area contributed by atoms with E-state index in [0.717, 1.165) is 5.56 Å². The lowest BCUT2D eigenvalue weighted by Gasteiger charge is -2.09. The minimum Gasteiger partial charge on any atom is -0.384 e. The van der Waals surface area contributed by atoms with Gasteiger partial charge in [-0.1, -0.05) is 6.07 Å². The van der Waals surface area contributed by atoms with Gasteiger partial charge in [0.25, 0.3) is 5.69 Å². The predicted octanol–water partition coefficient (Wildman–Crippen LogP) is 1.20. The van der Waals surface area contributed by atoms with Crippen molar-refractivity contribution in [3.05, 3.63) is 33.9 Å². The van der Waals surface area contributed by atoms with E-state index in [9.17, 15) is 14.9 Å². The molecule has 3 N–H and O–H groups in total. The number of nitro benzene ring substituents is 1. The van der Waals surface area contributed by atoms with Gasteiger partial charge in [0.1, 0.15) is 11.8 Å².